The van der Waals surface area contributed by atoms with Crippen molar-refractivity contribution in [2.24, 2.45) is 0 Å². The second-order valence-corrected chi connectivity index (χ2v) is 6.18. The minimum atomic E-state index is -0.0505. The number of benzene rings is 1. The molecule has 20 heavy (non-hydrogen) atoms. The Kier molecular flexibility index (Phi) is 5.30. The molecular formula is C15H20Cl2N2O. The Labute approximate surface area is 130 Å². The molecule has 1 N–H and O–H groups in total. The van der Waals surface area contributed by atoms with Crippen molar-refractivity contribution in [3.8, 4) is 0 Å². The first kappa shape index (κ1) is 15.6. The van der Waals surface area contributed by atoms with Crippen LogP contribution >= 0.6 is 23.2 Å². The molecular weight excluding hydrogens is 295 g/mol. The zero-order valence-electron chi connectivity index (χ0n) is 11.8. The molecule has 1 saturated carbocycles. The molecule has 1 aromatic rings. The quantitative estimate of drug-likeness (QED) is 0.924. The van der Waals surface area contributed by atoms with Crippen LogP contribution in [0, 0.1) is 0 Å². The van der Waals surface area contributed by atoms with E-state index in [9.17, 15) is 4.79 Å². The zero-order chi connectivity index (χ0) is 14.7. The number of hydrogen-bond acceptors (Lipinski definition) is 2. The second-order valence-electron chi connectivity index (χ2n) is 5.33. The molecule has 0 aromatic heterocycles. The normalized spacial score (nSPS) is 22.6. The van der Waals surface area contributed by atoms with Crippen LogP contribution in [0.3, 0.4) is 0 Å². The maximum absolute atomic E-state index is 12.5. The highest BCUT2D eigenvalue weighted by atomic mass is 35.5. The molecule has 1 aliphatic rings. The number of amides is 1. The fourth-order valence-corrected chi connectivity index (χ4v) is 3.14. The Bertz CT molecular complexity index is 485. The molecule has 5 heteroatoms. The van der Waals surface area contributed by atoms with E-state index < -0.39 is 0 Å². The molecule has 1 amide bonds. The van der Waals surface area contributed by atoms with Gasteiger partial charge in [0.25, 0.3) is 5.91 Å². The van der Waals surface area contributed by atoms with Gasteiger partial charge >= 0.3 is 0 Å². The molecule has 0 unspecified atom stereocenters. The van der Waals surface area contributed by atoms with Crippen LogP contribution in [0.4, 0.5) is 0 Å². The summed E-state index contributed by atoms with van der Waals surface area (Å²) in [5, 5.41) is 4.29. The minimum absolute atomic E-state index is 0.0505. The van der Waals surface area contributed by atoms with Crippen molar-refractivity contribution in [1.29, 1.82) is 0 Å². The van der Waals surface area contributed by atoms with Gasteiger partial charge in [-0.15, -0.1) is 0 Å². The van der Waals surface area contributed by atoms with Gasteiger partial charge in [-0.1, -0.05) is 23.2 Å². The van der Waals surface area contributed by atoms with Crippen LogP contribution in [0.1, 0.15) is 36.0 Å². The minimum Gasteiger partial charge on any atom is -0.339 e. The first-order valence-electron chi connectivity index (χ1n) is 6.92. The molecule has 2 rings (SSSR count). The van der Waals surface area contributed by atoms with Gasteiger partial charge in [0.15, 0.2) is 0 Å². The van der Waals surface area contributed by atoms with Crippen LogP contribution in [0.5, 0.6) is 0 Å². The lowest BCUT2D eigenvalue weighted by atomic mass is 9.90. The first-order chi connectivity index (χ1) is 9.52. The van der Waals surface area contributed by atoms with Gasteiger partial charge < -0.3 is 10.2 Å². The van der Waals surface area contributed by atoms with Gasteiger partial charge in [0, 0.05) is 24.2 Å². The summed E-state index contributed by atoms with van der Waals surface area (Å²) in [6.45, 7) is 0. The highest BCUT2D eigenvalue weighted by Crippen LogP contribution is 2.26. The number of rotatable bonds is 3. The summed E-state index contributed by atoms with van der Waals surface area (Å²) in [4.78, 5) is 14.3. The van der Waals surface area contributed by atoms with Crippen molar-refractivity contribution in [3.63, 3.8) is 0 Å². The molecule has 1 aromatic carbocycles. The molecule has 0 radical (unpaired) electrons. The van der Waals surface area contributed by atoms with E-state index in [2.05, 4.69) is 5.32 Å². The monoisotopic (exact) mass is 314 g/mol. The summed E-state index contributed by atoms with van der Waals surface area (Å²) >= 11 is 12.1. The van der Waals surface area contributed by atoms with Gasteiger partial charge in [0.2, 0.25) is 0 Å². The third kappa shape index (κ3) is 3.46. The van der Waals surface area contributed by atoms with E-state index in [0.29, 0.717) is 21.7 Å². The summed E-state index contributed by atoms with van der Waals surface area (Å²) in [7, 11) is 3.84. The largest absolute Gasteiger partial charge is 0.339 e. The summed E-state index contributed by atoms with van der Waals surface area (Å²) in [6, 6.07) is 5.86. The predicted octanol–water partition coefficient (Wildman–Crippen LogP) is 3.60. The average Bonchev–Trinajstić information content (AvgIpc) is 2.48. The van der Waals surface area contributed by atoms with Gasteiger partial charge in [-0.25, -0.2) is 0 Å². The Morgan fingerprint density at radius 3 is 2.50 bits per heavy atom. The van der Waals surface area contributed by atoms with Crippen LogP contribution < -0.4 is 5.32 Å². The SMILES string of the molecule is CNC1CCC(N(C)C(=O)c2cc(Cl)ccc2Cl)CC1. The van der Waals surface area contributed by atoms with Crippen LogP contribution in [0.15, 0.2) is 18.2 Å². The Hall–Kier alpha value is -0.770. The summed E-state index contributed by atoms with van der Waals surface area (Å²) < 4.78 is 0. The summed E-state index contributed by atoms with van der Waals surface area (Å²) in [5.41, 5.74) is 0.484. The van der Waals surface area contributed by atoms with Crippen LogP contribution in [-0.2, 0) is 0 Å². The molecule has 0 atom stereocenters. The Morgan fingerprint density at radius 1 is 1.25 bits per heavy atom. The molecule has 0 heterocycles. The average molecular weight is 315 g/mol. The van der Waals surface area contributed by atoms with Crippen LogP contribution in [0.25, 0.3) is 0 Å². The molecule has 3 nitrogen and oxygen atoms in total. The molecule has 0 saturated heterocycles. The van der Waals surface area contributed by atoms with Crippen molar-refractivity contribution < 1.29 is 4.79 Å². The van der Waals surface area contributed by atoms with E-state index in [-0.39, 0.29) is 11.9 Å². The van der Waals surface area contributed by atoms with Gasteiger partial charge in [0.05, 0.1) is 10.6 Å². The summed E-state index contributed by atoms with van der Waals surface area (Å²) in [5.74, 6) is -0.0505. The standard InChI is InChI=1S/C15H20Cl2N2O/c1-18-11-4-6-12(7-5-11)19(2)15(20)13-9-10(16)3-8-14(13)17/h3,8-9,11-12,18H,4-7H2,1-2H3. The molecule has 110 valence electrons. The van der Waals surface area contributed by atoms with Crippen molar-refractivity contribution in [1.82, 2.24) is 10.2 Å². The lowest BCUT2D eigenvalue weighted by Gasteiger charge is -2.34. The summed E-state index contributed by atoms with van der Waals surface area (Å²) in [6.07, 6.45) is 4.24. The van der Waals surface area contributed by atoms with Gasteiger partial charge in [-0.3, -0.25) is 4.79 Å². The fraction of sp³-hybridized carbons (Fsp3) is 0.533. The maximum Gasteiger partial charge on any atom is 0.255 e. The predicted molar refractivity (Wildman–Crippen MR) is 83.7 cm³/mol. The van der Waals surface area contributed by atoms with Crippen molar-refractivity contribution in [2.75, 3.05) is 14.1 Å². The number of nitrogens with zero attached hydrogens (tertiary/aromatic N) is 1. The topological polar surface area (TPSA) is 32.3 Å². The number of carbonyl (C=O) groups excluding carboxylic acids is 1. The fourth-order valence-electron chi connectivity index (χ4n) is 2.77. The smallest absolute Gasteiger partial charge is 0.255 e. The third-order valence-electron chi connectivity index (χ3n) is 4.13. The molecule has 0 spiro atoms. The van der Waals surface area contributed by atoms with Gasteiger partial charge in [-0.2, -0.15) is 0 Å². The van der Waals surface area contributed by atoms with E-state index in [4.69, 9.17) is 23.2 Å². The number of nitrogens with one attached hydrogen (secondary N) is 1. The molecule has 1 aliphatic carbocycles. The zero-order valence-corrected chi connectivity index (χ0v) is 13.3. The highest BCUT2D eigenvalue weighted by molar-refractivity contribution is 6.35. The van der Waals surface area contributed by atoms with Crippen LogP contribution in [0.2, 0.25) is 10.0 Å². The second kappa shape index (κ2) is 6.79. The number of hydrogen-bond donors (Lipinski definition) is 1. The number of halogens is 2. The maximum atomic E-state index is 12.5. The van der Waals surface area contributed by atoms with E-state index in [1.165, 1.54) is 0 Å². The van der Waals surface area contributed by atoms with E-state index in [1.54, 1.807) is 18.2 Å². The van der Waals surface area contributed by atoms with E-state index >= 15 is 0 Å². The molecule has 0 aliphatic heterocycles. The molecule has 1 fully saturated rings. The third-order valence-corrected chi connectivity index (χ3v) is 4.70. The van der Waals surface area contributed by atoms with Gasteiger partial charge in [0.1, 0.15) is 0 Å². The lowest BCUT2D eigenvalue weighted by molar-refractivity contribution is 0.0686. The van der Waals surface area contributed by atoms with Gasteiger partial charge in [-0.05, 0) is 50.9 Å². The van der Waals surface area contributed by atoms with E-state index in [1.807, 2.05) is 19.0 Å². The molecule has 0 bridgehead atoms. The highest BCUT2D eigenvalue weighted by Gasteiger charge is 2.27. The van der Waals surface area contributed by atoms with Crippen LogP contribution in [-0.4, -0.2) is 37.0 Å². The Balaban J connectivity index is 2.07. The Morgan fingerprint density at radius 2 is 1.90 bits per heavy atom. The first-order valence-corrected chi connectivity index (χ1v) is 7.68. The lowest BCUT2D eigenvalue weighted by Crippen LogP contribution is -2.42. The number of carbonyl (C=O) groups is 1. The van der Waals surface area contributed by atoms with E-state index in [0.717, 1.165) is 25.7 Å². The van der Waals surface area contributed by atoms with Crippen molar-refractivity contribution in [3.05, 3.63) is 33.8 Å². The van der Waals surface area contributed by atoms with Crippen molar-refractivity contribution >= 4 is 29.1 Å². The van der Waals surface area contributed by atoms with Crippen molar-refractivity contribution in [2.45, 2.75) is 37.8 Å².